The Balaban J connectivity index is 1.67. The molecule has 0 saturated carbocycles. The zero-order valence-electron chi connectivity index (χ0n) is 11.4. The van der Waals surface area contributed by atoms with Crippen LogP contribution in [0, 0.1) is 0 Å². The highest BCUT2D eigenvalue weighted by atomic mass is 15.2. The van der Waals surface area contributed by atoms with Crippen LogP contribution in [0.15, 0.2) is 24.3 Å². The van der Waals surface area contributed by atoms with Gasteiger partial charge in [0, 0.05) is 25.2 Å². The second kappa shape index (κ2) is 5.02. The monoisotopic (exact) mass is 244 g/mol. The van der Waals surface area contributed by atoms with Gasteiger partial charge in [-0.3, -0.25) is 4.90 Å². The van der Waals surface area contributed by atoms with Crippen LogP contribution in [0.2, 0.25) is 0 Å². The minimum atomic E-state index is 0.400. The van der Waals surface area contributed by atoms with Crippen LogP contribution in [0.5, 0.6) is 0 Å². The molecule has 2 heteroatoms. The van der Waals surface area contributed by atoms with E-state index in [0.717, 1.165) is 13.1 Å². The van der Waals surface area contributed by atoms with Gasteiger partial charge in [-0.2, -0.15) is 0 Å². The molecule has 1 aromatic carbocycles. The lowest BCUT2D eigenvalue weighted by atomic mass is 9.91. The van der Waals surface area contributed by atoms with Gasteiger partial charge >= 0.3 is 0 Å². The molecular weight excluding hydrogens is 220 g/mol. The third-order valence-corrected chi connectivity index (χ3v) is 4.49. The summed E-state index contributed by atoms with van der Waals surface area (Å²) in [6.45, 7) is 7.02. The van der Waals surface area contributed by atoms with Crippen molar-refractivity contribution in [3.63, 3.8) is 0 Å². The quantitative estimate of drug-likeness (QED) is 0.876. The van der Waals surface area contributed by atoms with Gasteiger partial charge in [0.15, 0.2) is 0 Å². The van der Waals surface area contributed by atoms with Crippen LogP contribution in [-0.2, 0) is 13.1 Å². The van der Waals surface area contributed by atoms with E-state index in [1.54, 1.807) is 0 Å². The standard InChI is InChI=1S/C16H24N2/c1-2-8-16(9-5-10-17-16)13-18-11-14-6-3-4-7-15(14)12-18/h3-4,6-7,17H,2,5,8-13H2,1H3. The fraction of sp³-hybridized carbons (Fsp3) is 0.625. The highest BCUT2D eigenvalue weighted by Gasteiger charge is 2.35. The fourth-order valence-corrected chi connectivity index (χ4v) is 3.72. The van der Waals surface area contributed by atoms with E-state index in [1.807, 2.05) is 0 Å². The van der Waals surface area contributed by atoms with E-state index < -0.39 is 0 Å². The molecule has 0 aromatic heterocycles. The van der Waals surface area contributed by atoms with Crippen molar-refractivity contribution in [3.8, 4) is 0 Å². The van der Waals surface area contributed by atoms with Gasteiger partial charge in [0.05, 0.1) is 0 Å². The van der Waals surface area contributed by atoms with Crippen molar-refractivity contribution in [2.45, 2.75) is 51.2 Å². The summed E-state index contributed by atoms with van der Waals surface area (Å²) in [6.07, 6.45) is 5.31. The minimum absolute atomic E-state index is 0.400. The Labute approximate surface area is 110 Å². The van der Waals surface area contributed by atoms with Crippen molar-refractivity contribution in [3.05, 3.63) is 35.4 Å². The van der Waals surface area contributed by atoms with Crippen LogP contribution < -0.4 is 5.32 Å². The lowest BCUT2D eigenvalue weighted by Crippen LogP contribution is -2.48. The summed E-state index contributed by atoms with van der Waals surface area (Å²) >= 11 is 0. The van der Waals surface area contributed by atoms with E-state index >= 15 is 0 Å². The summed E-state index contributed by atoms with van der Waals surface area (Å²) < 4.78 is 0. The zero-order valence-corrected chi connectivity index (χ0v) is 11.4. The Morgan fingerprint density at radius 3 is 2.50 bits per heavy atom. The highest BCUT2D eigenvalue weighted by Crippen LogP contribution is 2.30. The van der Waals surface area contributed by atoms with Crippen LogP contribution in [0.3, 0.4) is 0 Å². The second-order valence-electron chi connectivity index (χ2n) is 5.97. The highest BCUT2D eigenvalue weighted by molar-refractivity contribution is 5.30. The van der Waals surface area contributed by atoms with Crippen molar-refractivity contribution in [1.82, 2.24) is 10.2 Å². The van der Waals surface area contributed by atoms with Gasteiger partial charge in [-0.15, -0.1) is 0 Å². The molecule has 2 aliphatic rings. The largest absolute Gasteiger partial charge is 0.310 e. The average Bonchev–Trinajstić information content (AvgIpc) is 2.96. The molecule has 1 aromatic rings. The van der Waals surface area contributed by atoms with Gasteiger partial charge in [0.25, 0.3) is 0 Å². The number of benzene rings is 1. The molecule has 3 rings (SSSR count). The molecule has 1 unspecified atom stereocenters. The summed E-state index contributed by atoms with van der Waals surface area (Å²) in [5.41, 5.74) is 3.46. The van der Waals surface area contributed by atoms with Crippen molar-refractivity contribution in [1.29, 1.82) is 0 Å². The molecule has 98 valence electrons. The predicted octanol–water partition coefficient (Wildman–Crippen LogP) is 2.92. The fourth-order valence-electron chi connectivity index (χ4n) is 3.72. The number of nitrogens with zero attached hydrogens (tertiary/aromatic N) is 1. The third-order valence-electron chi connectivity index (χ3n) is 4.49. The molecule has 2 heterocycles. The van der Waals surface area contributed by atoms with Crippen LogP contribution in [0.1, 0.15) is 43.7 Å². The molecule has 1 saturated heterocycles. The first-order valence-electron chi connectivity index (χ1n) is 7.35. The molecule has 18 heavy (non-hydrogen) atoms. The van der Waals surface area contributed by atoms with E-state index in [0.29, 0.717) is 5.54 Å². The van der Waals surface area contributed by atoms with E-state index in [4.69, 9.17) is 0 Å². The summed E-state index contributed by atoms with van der Waals surface area (Å²) in [6, 6.07) is 8.89. The maximum atomic E-state index is 3.78. The molecule has 2 aliphatic heterocycles. The van der Waals surface area contributed by atoms with Gasteiger partial charge < -0.3 is 5.32 Å². The third kappa shape index (κ3) is 2.32. The molecule has 0 radical (unpaired) electrons. The maximum absolute atomic E-state index is 3.78. The number of rotatable bonds is 4. The zero-order chi connectivity index (χ0) is 12.4. The topological polar surface area (TPSA) is 15.3 Å². The molecule has 2 nitrogen and oxygen atoms in total. The van der Waals surface area contributed by atoms with E-state index in [2.05, 4.69) is 41.4 Å². The Kier molecular flexibility index (Phi) is 3.40. The first-order chi connectivity index (χ1) is 8.81. The smallest absolute Gasteiger partial charge is 0.0309 e. The Hall–Kier alpha value is -0.860. The van der Waals surface area contributed by atoms with E-state index in [9.17, 15) is 0 Å². The molecule has 1 fully saturated rings. The molecule has 0 aliphatic carbocycles. The first kappa shape index (κ1) is 12.2. The summed E-state index contributed by atoms with van der Waals surface area (Å²) in [5, 5.41) is 3.78. The molecule has 0 spiro atoms. The summed E-state index contributed by atoms with van der Waals surface area (Å²) in [4.78, 5) is 2.62. The normalized spacial score (nSPS) is 27.6. The van der Waals surface area contributed by atoms with Crippen molar-refractivity contribution in [2.75, 3.05) is 13.1 Å². The summed E-state index contributed by atoms with van der Waals surface area (Å²) in [7, 11) is 0. The Morgan fingerprint density at radius 1 is 1.22 bits per heavy atom. The van der Waals surface area contributed by atoms with Crippen LogP contribution in [0.25, 0.3) is 0 Å². The lowest BCUT2D eigenvalue weighted by Gasteiger charge is -2.33. The number of fused-ring (bicyclic) bond motifs is 1. The number of hydrogen-bond donors (Lipinski definition) is 1. The SMILES string of the molecule is CCCC1(CN2Cc3ccccc3C2)CCCN1. The van der Waals surface area contributed by atoms with Gasteiger partial charge in [-0.1, -0.05) is 37.6 Å². The molecule has 1 atom stereocenters. The Bertz CT molecular complexity index is 382. The number of nitrogens with one attached hydrogen (secondary N) is 1. The molecule has 0 bridgehead atoms. The lowest BCUT2D eigenvalue weighted by molar-refractivity contribution is 0.184. The van der Waals surface area contributed by atoms with Gasteiger partial charge in [-0.05, 0) is 36.9 Å². The van der Waals surface area contributed by atoms with Gasteiger partial charge in [0.2, 0.25) is 0 Å². The molecular formula is C16H24N2. The second-order valence-corrected chi connectivity index (χ2v) is 5.97. The van der Waals surface area contributed by atoms with Gasteiger partial charge in [-0.25, -0.2) is 0 Å². The average molecular weight is 244 g/mol. The Morgan fingerprint density at radius 2 is 1.94 bits per heavy atom. The van der Waals surface area contributed by atoms with Crippen LogP contribution >= 0.6 is 0 Å². The van der Waals surface area contributed by atoms with Crippen LogP contribution in [-0.4, -0.2) is 23.5 Å². The summed E-state index contributed by atoms with van der Waals surface area (Å²) in [5.74, 6) is 0. The molecule has 0 amide bonds. The first-order valence-corrected chi connectivity index (χ1v) is 7.35. The number of hydrogen-bond acceptors (Lipinski definition) is 2. The predicted molar refractivity (Wildman–Crippen MR) is 75.4 cm³/mol. The van der Waals surface area contributed by atoms with E-state index in [1.165, 1.54) is 49.9 Å². The van der Waals surface area contributed by atoms with Crippen molar-refractivity contribution >= 4 is 0 Å². The van der Waals surface area contributed by atoms with Crippen molar-refractivity contribution in [2.24, 2.45) is 0 Å². The minimum Gasteiger partial charge on any atom is -0.310 e. The van der Waals surface area contributed by atoms with E-state index in [-0.39, 0.29) is 0 Å². The maximum Gasteiger partial charge on any atom is 0.0309 e. The molecule has 1 N–H and O–H groups in total. The van der Waals surface area contributed by atoms with Gasteiger partial charge in [0.1, 0.15) is 0 Å². The van der Waals surface area contributed by atoms with Crippen LogP contribution in [0.4, 0.5) is 0 Å². The van der Waals surface area contributed by atoms with Crippen molar-refractivity contribution < 1.29 is 0 Å².